The molecule has 0 bridgehead atoms. The molecule has 2 fully saturated rings. The quantitative estimate of drug-likeness (QED) is 0.657. The van der Waals surface area contributed by atoms with Crippen molar-refractivity contribution in [3.8, 4) is 5.75 Å². The molecule has 0 amide bonds. The van der Waals surface area contributed by atoms with Gasteiger partial charge in [-0.25, -0.2) is 4.98 Å². The van der Waals surface area contributed by atoms with Crippen LogP contribution in [0.15, 0.2) is 42.5 Å². The number of carbonyl (C=O) groups excluding carboxylic acids is 1. The number of methoxy groups -OCH3 is 1. The lowest BCUT2D eigenvalue weighted by molar-refractivity contribution is -0.153. The minimum Gasteiger partial charge on any atom is -0.495 e. The standard InChI is InChI=1S/C24H27F3N2O3/c1-31-18-11-12-19(24(25,26)27)29-20(18)17-15-23(32-22(17)30)13-7-2-3-8-14-28-21(23)16-9-5-4-6-10-16/h4-6,9-12,17,21,28H,2-3,7-8,13-15H2,1H3/t17-,21+,23-/m1/s1. The second-order valence-electron chi connectivity index (χ2n) is 8.49. The third-order valence-corrected chi connectivity index (χ3v) is 6.40. The number of alkyl halides is 3. The summed E-state index contributed by atoms with van der Waals surface area (Å²) in [6.07, 6.45) is 0.223. The van der Waals surface area contributed by atoms with E-state index in [2.05, 4.69) is 10.3 Å². The van der Waals surface area contributed by atoms with Gasteiger partial charge in [0.15, 0.2) is 0 Å². The van der Waals surface area contributed by atoms with Crippen LogP contribution in [0.25, 0.3) is 0 Å². The average Bonchev–Trinajstić information content (AvgIpc) is 3.15. The van der Waals surface area contributed by atoms with Crippen LogP contribution >= 0.6 is 0 Å². The molecule has 3 atom stereocenters. The van der Waals surface area contributed by atoms with E-state index in [1.165, 1.54) is 13.2 Å². The van der Waals surface area contributed by atoms with E-state index < -0.39 is 29.4 Å². The van der Waals surface area contributed by atoms with Crippen LogP contribution in [0.3, 0.4) is 0 Å². The van der Waals surface area contributed by atoms with E-state index in [1.807, 2.05) is 30.3 Å². The Kier molecular flexibility index (Phi) is 6.42. The summed E-state index contributed by atoms with van der Waals surface area (Å²) in [5, 5.41) is 3.56. The van der Waals surface area contributed by atoms with Crippen molar-refractivity contribution in [3.63, 3.8) is 0 Å². The number of nitrogens with one attached hydrogen (secondary N) is 1. The highest BCUT2D eigenvalue weighted by Gasteiger charge is 2.53. The third kappa shape index (κ3) is 4.46. The van der Waals surface area contributed by atoms with Gasteiger partial charge < -0.3 is 14.8 Å². The molecular formula is C24H27F3N2O3. The second-order valence-corrected chi connectivity index (χ2v) is 8.49. The average molecular weight is 448 g/mol. The van der Waals surface area contributed by atoms with Crippen molar-refractivity contribution in [3.05, 3.63) is 59.4 Å². The molecule has 0 unspecified atom stereocenters. The molecule has 32 heavy (non-hydrogen) atoms. The monoisotopic (exact) mass is 448 g/mol. The normalized spacial score (nSPS) is 26.8. The maximum absolute atomic E-state index is 13.3. The first-order valence-corrected chi connectivity index (χ1v) is 11.0. The fraction of sp³-hybridized carbons (Fsp3) is 0.500. The van der Waals surface area contributed by atoms with Crippen LogP contribution in [0.2, 0.25) is 0 Å². The number of ether oxygens (including phenoxy) is 2. The van der Waals surface area contributed by atoms with Gasteiger partial charge in [0.05, 0.1) is 18.8 Å². The van der Waals surface area contributed by atoms with E-state index in [4.69, 9.17) is 9.47 Å². The van der Waals surface area contributed by atoms with E-state index >= 15 is 0 Å². The molecule has 1 aromatic carbocycles. The Bertz CT molecular complexity index is 951. The second kappa shape index (κ2) is 9.10. The van der Waals surface area contributed by atoms with Crippen LogP contribution in [-0.4, -0.2) is 30.2 Å². The number of benzene rings is 1. The summed E-state index contributed by atoms with van der Waals surface area (Å²) in [6.45, 7) is 0.772. The lowest BCUT2D eigenvalue weighted by Crippen LogP contribution is -2.44. The molecule has 2 aliphatic heterocycles. The van der Waals surface area contributed by atoms with Crippen LogP contribution in [0.4, 0.5) is 13.2 Å². The van der Waals surface area contributed by atoms with E-state index in [0.717, 1.165) is 43.9 Å². The van der Waals surface area contributed by atoms with Crippen molar-refractivity contribution in [1.82, 2.24) is 10.3 Å². The first kappa shape index (κ1) is 22.6. The molecule has 2 saturated heterocycles. The van der Waals surface area contributed by atoms with Crippen LogP contribution in [0.1, 0.15) is 67.4 Å². The molecular weight excluding hydrogens is 421 g/mol. The number of rotatable bonds is 3. The molecule has 1 N–H and O–H groups in total. The number of hydrogen-bond acceptors (Lipinski definition) is 5. The molecule has 1 spiro atoms. The molecule has 8 heteroatoms. The lowest BCUT2D eigenvalue weighted by Gasteiger charge is -2.37. The Balaban J connectivity index is 1.75. The zero-order valence-electron chi connectivity index (χ0n) is 18.0. The topological polar surface area (TPSA) is 60.4 Å². The van der Waals surface area contributed by atoms with Gasteiger partial charge in [0.25, 0.3) is 0 Å². The molecule has 2 aliphatic rings. The Labute approximate surface area is 185 Å². The van der Waals surface area contributed by atoms with Gasteiger partial charge in [-0.2, -0.15) is 13.2 Å². The summed E-state index contributed by atoms with van der Waals surface area (Å²) in [4.78, 5) is 16.9. The molecule has 4 rings (SSSR count). The van der Waals surface area contributed by atoms with Crippen LogP contribution in [0.5, 0.6) is 5.75 Å². The third-order valence-electron chi connectivity index (χ3n) is 6.40. The van der Waals surface area contributed by atoms with Crippen molar-refractivity contribution in [2.24, 2.45) is 0 Å². The van der Waals surface area contributed by atoms with E-state index in [9.17, 15) is 18.0 Å². The number of nitrogens with zero attached hydrogens (tertiary/aromatic N) is 1. The van der Waals surface area contributed by atoms with Gasteiger partial charge >= 0.3 is 12.1 Å². The number of halogens is 3. The Morgan fingerprint density at radius 2 is 1.84 bits per heavy atom. The van der Waals surface area contributed by atoms with Crippen LogP contribution < -0.4 is 10.1 Å². The predicted molar refractivity (Wildman–Crippen MR) is 112 cm³/mol. The first-order valence-electron chi connectivity index (χ1n) is 11.0. The van der Waals surface area contributed by atoms with E-state index in [-0.39, 0.29) is 23.9 Å². The van der Waals surface area contributed by atoms with Crippen molar-refractivity contribution in [2.45, 2.75) is 62.3 Å². The number of carbonyl (C=O) groups is 1. The first-order chi connectivity index (χ1) is 15.3. The van der Waals surface area contributed by atoms with Gasteiger partial charge in [-0.1, -0.05) is 43.2 Å². The smallest absolute Gasteiger partial charge is 0.433 e. The molecule has 1 aromatic heterocycles. The highest BCUT2D eigenvalue weighted by molar-refractivity contribution is 5.81. The van der Waals surface area contributed by atoms with Gasteiger partial charge in [-0.15, -0.1) is 0 Å². The highest BCUT2D eigenvalue weighted by Crippen LogP contribution is 2.49. The van der Waals surface area contributed by atoms with Gasteiger partial charge in [0.2, 0.25) is 0 Å². The summed E-state index contributed by atoms with van der Waals surface area (Å²) < 4.78 is 51.3. The summed E-state index contributed by atoms with van der Waals surface area (Å²) >= 11 is 0. The number of aromatic nitrogens is 1. The number of esters is 1. The van der Waals surface area contributed by atoms with Crippen molar-refractivity contribution >= 4 is 5.97 Å². The largest absolute Gasteiger partial charge is 0.495 e. The van der Waals surface area contributed by atoms with E-state index in [1.54, 1.807) is 0 Å². The zero-order chi connectivity index (χ0) is 22.8. The van der Waals surface area contributed by atoms with Crippen molar-refractivity contribution in [1.29, 1.82) is 0 Å². The van der Waals surface area contributed by atoms with Crippen LogP contribution in [0, 0.1) is 0 Å². The molecule has 0 radical (unpaired) electrons. The molecule has 2 aromatic rings. The van der Waals surface area contributed by atoms with Gasteiger partial charge in [0, 0.05) is 6.42 Å². The molecule has 3 heterocycles. The summed E-state index contributed by atoms with van der Waals surface area (Å²) in [6, 6.07) is 11.6. The molecule has 0 aliphatic carbocycles. The maximum atomic E-state index is 13.3. The fourth-order valence-electron chi connectivity index (χ4n) is 4.87. The van der Waals surface area contributed by atoms with Crippen LogP contribution in [-0.2, 0) is 15.7 Å². The Hall–Kier alpha value is -2.61. The van der Waals surface area contributed by atoms with Gasteiger partial charge in [-0.3, -0.25) is 4.79 Å². The Morgan fingerprint density at radius 1 is 1.09 bits per heavy atom. The van der Waals surface area contributed by atoms with E-state index in [0.29, 0.717) is 6.42 Å². The number of pyridine rings is 1. The minimum absolute atomic E-state index is 0.0177. The van der Waals surface area contributed by atoms with Crippen molar-refractivity contribution < 1.29 is 27.4 Å². The summed E-state index contributed by atoms with van der Waals surface area (Å²) in [5.41, 5.74) is -0.939. The minimum atomic E-state index is -4.62. The molecule has 172 valence electrons. The summed E-state index contributed by atoms with van der Waals surface area (Å²) in [5.74, 6) is -1.33. The van der Waals surface area contributed by atoms with Crippen molar-refractivity contribution in [2.75, 3.05) is 13.7 Å². The lowest BCUT2D eigenvalue weighted by atomic mass is 9.79. The highest BCUT2D eigenvalue weighted by atomic mass is 19.4. The van der Waals surface area contributed by atoms with Gasteiger partial charge in [0.1, 0.15) is 23.0 Å². The fourth-order valence-corrected chi connectivity index (χ4v) is 4.87. The molecule has 5 nitrogen and oxygen atoms in total. The number of hydrogen-bond donors (Lipinski definition) is 1. The predicted octanol–water partition coefficient (Wildman–Crippen LogP) is 5.17. The maximum Gasteiger partial charge on any atom is 0.433 e. The van der Waals surface area contributed by atoms with Gasteiger partial charge in [-0.05, 0) is 43.5 Å². The zero-order valence-corrected chi connectivity index (χ0v) is 18.0. The summed E-state index contributed by atoms with van der Waals surface area (Å²) in [7, 11) is 1.36. The SMILES string of the molecule is COc1ccc(C(F)(F)F)nc1[C@H]1C[C@@]2(CCCCCCN[C@H]2c2ccccc2)OC1=O. The Morgan fingerprint density at radius 3 is 2.56 bits per heavy atom. The molecule has 0 saturated carbocycles.